The first-order valence-electron chi connectivity index (χ1n) is 7.19. The van der Waals surface area contributed by atoms with E-state index in [9.17, 15) is 4.79 Å². The van der Waals surface area contributed by atoms with Gasteiger partial charge in [-0.25, -0.2) is 9.98 Å². The minimum atomic E-state index is -0.180. The van der Waals surface area contributed by atoms with Crippen LogP contribution in [0.3, 0.4) is 0 Å². The molecule has 1 aliphatic rings. The maximum atomic E-state index is 11.8. The van der Waals surface area contributed by atoms with Gasteiger partial charge in [-0.1, -0.05) is 11.6 Å². The molecule has 0 saturated carbocycles. The fourth-order valence-electron chi connectivity index (χ4n) is 2.33. The summed E-state index contributed by atoms with van der Waals surface area (Å²) in [5, 5.41) is 4.90. The van der Waals surface area contributed by atoms with E-state index in [0.717, 1.165) is 28.2 Å². The second-order valence-electron chi connectivity index (χ2n) is 5.02. The molecule has 0 spiro atoms. The third-order valence-corrected chi connectivity index (χ3v) is 5.35. The van der Waals surface area contributed by atoms with E-state index < -0.39 is 0 Å². The number of thiazole rings is 1. The van der Waals surface area contributed by atoms with E-state index in [1.54, 1.807) is 7.11 Å². The van der Waals surface area contributed by atoms with E-state index in [4.69, 9.17) is 16.3 Å². The largest absolute Gasteiger partial charge is 0.497 e. The number of thioether (sulfide) groups is 1. The number of carbonyl (C=O) groups excluding carboxylic acids is 1. The van der Waals surface area contributed by atoms with Crippen LogP contribution in [0.5, 0.6) is 5.75 Å². The van der Waals surface area contributed by atoms with Crippen molar-refractivity contribution in [1.29, 1.82) is 0 Å². The summed E-state index contributed by atoms with van der Waals surface area (Å²) in [5.74, 6) is 1.23. The van der Waals surface area contributed by atoms with Crippen molar-refractivity contribution in [3.63, 3.8) is 0 Å². The fourth-order valence-corrected chi connectivity index (χ4v) is 4.04. The highest BCUT2D eigenvalue weighted by molar-refractivity contribution is 8.18. The third-order valence-electron chi connectivity index (χ3n) is 3.49. The van der Waals surface area contributed by atoms with Crippen molar-refractivity contribution in [3.8, 4) is 5.75 Å². The molecule has 25 heavy (non-hydrogen) atoms. The number of methoxy groups -OCH3 is 1. The minimum Gasteiger partial charge on any atom is -0.497 e. The first kappa shape index (κ1) is 16.2. The monoisotopic (exact) mass is 390 g/mol. The molecule has 9 heteroatoms. The molecule has 0 unspecified atom stereocenters. The molecule has 1 fully saturated rings. The Hall–Kier alpha value is -2.29. The van der Waals surface area contributed by atoms with Crippen LogP contribution >= 0.6 is 34.7 Å². The summed E-state index contributed by atoms with van der Waals surface area (Å²) in [6.45, 7) is 0. The number of ether oxygens (including phenoxy) is 1. The summed E-state index contributed by atoms with van der Waals surface area (Å²) >= 11 is 8.80. The Morgan fingerprint density at radius 1 is 1.36 bits per heavy atom. The summed E-state index contributed by atoms with van der Waals surface area (Å²) in [5.41, 5.74) is 1.43. The molecule has 126 valence electrons. The fraction of sp³-hybridized carbons (Fsp3) is 0.0625. The van der Waals surface area contributed by atoms with Crippen LogP contribution < -0.4 is 10.1 Å². The normalized spacial score (nSPS) is 17.6. The Kier molecular flexibility index (Phi) is 4.24. The van der Waals surface area contributed by atoms with E-state index in [1.807, 2.05) is 46.3 Å². The number of amidine groups is 1. The third kappa shape index (κ3) is 3.15. The molecule has 1 aromatic carbocycles. The van der Waals surface area contributed by atoms with Crippen LogP contribution in [0.2, 0.25) is 5.15 Å². The van der Waals surface area contributed by atoms with Gasteiger partial charge >= 0.3 is 0 Å². The summed E-state index contributed by atoms with van der Waals surface area (Å²) in [4.78, 5) is 22.1. The molecule has 0 radical (unpaired) electrons. The number of halogens is 1. The van der Waals surface area contributed by atoms with Crippen molar-refractivity contribution < 1.29 is 9.53 Å². The summed E-state index contributed by atoms with van der Waals surface area (Å²) < 4.78 is 7.02. The number of amides is 1. The number of hydrogen-bond donors (Lipinski definition) is 1. The van der Waals surface area contributed by atoms with Crippen molar-refractivity contribution in [2.45, 2.75) is 0 Å². The van der Waals surface area contributed by atoms with Gasteiger partial charge < -0.3 is 10.1 Å². The quantitative estimate of drug-likeness (QED) is 0.710. The van der Waals surface area contributed by atoms with Crippen molar-refractivity contribution in [2.75, 3.05) is 7.11 Å². The van der Waals surface area contributed by atoms with Gasteiger partial charge in [-0.3, -0.25) is 9.20 Å². The smallest absolute Gasteiger partial charge is 0.289 e. The van der Waals surface area contributed by atoms with E-state index in [-0.39, 0.29) is 5.24 Å². The van der Waals surface area contributed by atoms with Gasteiger partial charge in [-0.2, -0.15) is 0 Å². The van der Waals surface area contributed by atoms with E-state index in [2.05, 4.69) is 15.3 Å². The molecule has 3 heterocycles. The maximum absolute atomic E-state index is 11.8. The number of rotatable bonds is 3. The molecule has 0 atom stereocenters. The Morgan fingerprint density at radius 2 is 2.16 bits per heavy atom. The van der Waals surface area contributed by atoms with Gasteiger partial charge in [0.25, 0.3) is 5.24 Å². The first-order valence-corrected chi connectivity index (χ1v) is 9.26. The predicted molar refractivity (Wildman–Crippen MR) is 102 cm³/mol. The van der Waals surface area contributed by atoms with Crippen molar-refractivity contribution in [3.05, 3.63) is 51.6 Å². The van der Waals surface area contributed by atoms with Gasteiger partial charge in [0.1, 0.15) is 11.6 Å². The zero-order valence-corrected chi connectivity index (χ0v) is 15.3. The number of nitrogens with one attached hydrogen (secondary N) is 1. The van der Waals surface area contributed by atoms with Crippen LogP contribution in [0, 0.1) is 0 Å². The number of fused-ring (bicyclic) bond motifs is 1. The molecule has 2 aromatic heterocycles. The van der Waals surface area contributed by atoms with Gasteiger partial charge in [0, 0.05) is 11.6 Å². The Morgan fingerprint density at radius 3 is 2.92 bits per heavy atom. The average molecular weight is 391 g/mol. The molecule has 1 aliphatic heterocycles. The molecular formula is C16H11ClN4O2S2. The lowest BCUT2D eigenvalue weighted by atomic mass is 10.3. The number of aromatic nitrogens is 2. The van der Waals surface area contributed by atoms with Gasteiger partial charge in [-0.05, 0) is 42.1 Å². The topological polar surface area (TPSA) is 68.0 Å². The SMILES string of the molecule is COc1ccc(N=C2NC(=O)SC2=Cc2c(Cl)nc3sccn23)cc1. The lowest BCUT2D eigenvalue weighted by Gasteiger charge is -2.02. The van der Waals surface area contributed by atoms with E-state index in [1.165, 1.54) is 11.3 Å². The molecule has 6 nitrogen and oxygen atoms in total. The van der Waals surface area contributed by atoms with E-state index >= 15 is 0 Å². The second kappa shape index (κ2) is 6.55. The van der Waals surface area contributed by atoms with Crippen molar-refractivity contribution in [1.82, 2.24) is 14.7 Å². The van der Waals surface area contributed by atoms with Crippen LogP contribution in [-0.4, -0.2) is 27.6 Å². The molecule has 0 bridgehead atoms. The standard InChI is InChI=1S/C16H11ClN4O2S2/c1-23-10-4-2-9(3-5-10)18-14-12(25-16(22)20-14)8-11-13(17)19-15-21(11)6-7-24-15/h2-8H,1H3,(H,18,20,22). The van der Waals surface area contributed by atoms with Crippen LogP contribution in [0.25, 0.3) is 11.0 Å². The Labute approximate surface area is 156 Å². The molecule has 4 rings (SSSR count). The molecule has 1 amide bonds. The van der Waals surface area contributed by atoms with Gasteiger partial charge in [0.15, 0.2) is 10.1 Å². The van der Waals surface area contributed by atoms with E-state index in [0.29, 0.717) is 21.6 Å². The highest BCUT2D eigenvalue weighted by atomic mass is 35.5. The zero-order valence-electron chi connectivity index (χ0n) is 12.9. The number of hydrogen-bond acceptors (Lipinski definition) is 6. The van der Waals surface area contributed by atoms with Crippen molar-refractivity contribution in [2.24, 2.45) is 4.99 Å². The number of imidazole rings is 1. The van der Waals surface area contributed by atoms with Crippen LogP contribution in [-0.2, 0) is 0 Å². The van der Waals surface area contributed by atoms with Crippen molar-refractivity contribution >= 4 is 62.5 Å². The molecule has 1 saturated heterocycles. The Balaban J connectivity index is 1.74. The zero-order chi connectivity index (χ0) is 17.4. The lowest BCUT2D eigenvalue weighted by molar-refractivity contribution is 0.265. The Bertz CT molecular complexity index is 1020. The lowest BCUT2D eigenvalue weighted by Crippen LogP contribution is -2.18. The number of benzene rings is 1. The maximum Gasteiger partial charge on any atom is 0.289 e. The highest BCUT2D eigenvalue weighted by Gasteiger charge is 2.25. The van der Waals surface area contributed by atoms with Gasteiger partial charge in [0.2, 0.25) is 0 Å². The molecule has 3 aromatic rings. The predicted octanol–water partition coefficient (Wildman–Crippen LogP) is 4.59. The number of aliphatic imine (C=N–C) groups is 1. The van der Waals surface area contributed by atoms with Crippen LogP contribution in [0.15, 0.2) is 45.7 Å². The van der Waals surface area contributed by atoms with Gasteiger partial charge in [0.05, 0.1) is 23.4 Å². The summed E-state index contributed by atoms with van der Waals surface area (Å²) in [6.07, 6.45) is 3.71. The summed E-state index contributed by atoms with van der Waals surface area (Å²) in [6, 6.07) is 7.27. The van der Waals surface area contributed by atoms with Gasteiger partial charge in [-0.15, -0.1) is 11.3 Å². The minimum absolute atomic E-state index is 0.180. The highest BCUT2D eigenvalue weighted by Crippen LogP contribution is 2.31. The summed E-state index contributed by atoms with van der Waals surface area (Å²) in [7, 11) is 1.61. The second-order valence-corrected chi connectivity index (χ2v) is 7.27. The average Bonchev–Trinajstić information content (AvgIpc) is 3.26. The molecule has 1 N–H and O–H groups in total. The first-order chi connectivity index (χ1) is 12.1. The number of nitrogens with zero attached hydrogens (tertiary/aromatic N) is 3. The number of carbonyl (C=O) groups is 1. The van der Waals surface area contributed by atoms with Crippen LogP contribution in [0.4, 0.5) is 10.5 Å². The molecule has 0 aliphatic carbocycles. The van der Waals surface area contributed by atoms with Crippen LogP contribution in [0.1, 0.15) is 5.69 Å². The molecular weight excluding hydrogens is 380 g/mol.